The first-order valence-corrected chi connectivity index (χ1v) is 9.51. The van der Waals surface area contributed by atoms with Crippen LogP contribution in [0.15, 0.2) is 10.7 Å². The van der Waals surface area contributed by atoms with Crippen LogP contribution in [-0.2, 0) is 13.1 Å². The fourth-order valence-electron chi connectivity index (χ4n) is 3.36. The smallest absolute Gasteiger partial charge is 0.223 e. The quantitative estimate of drug-likeness (QED) is 0.816. The summed E-state index contributed by atoms with van der Waals surface area (Å²) in [6, 6.07) is 0. The minimum absolute atomic E-state index is 0.641. The van der Waals surface area contributed by atoms with Crippen molar-refractivity contribution in [3.8, 4) is 0 Å². The SMILES string of the molecule is Cc1nc(CN2CCN(Cc3cnc(N4CCCC4)s3)CC2)no1. The van der Waals surface area contributed by atoms with Crippen molar-refractivity contribution < 1.29 is 4.52 Å². The van der Waals surface area contributed by atoms with Gasteiger partial charge in [-0.2, -0.15) is 4.98 Å². The molecule has 7 nitrogen and oxygen atoms in total. The first-order valence-electron chi connectivity index (χ1n) is 8.70. The Morgan fingerprint density at radius 1 is 1.04 bits per heavy atom. The fourth-order valence-corrected chi connectivity index (χ4v) is 4.36. The van der Waals surface area contributed by atoms with E-state index in [9.17, 15) is 0 Å². The van der Waals surface area contributed by atoms with Crippen LogP contribution < -0.4 is 4.90 Å². The van der Waals surface area contributed by atoms with E-state index in [1.807, 2.05) is 18.3 Å². The van der Waals surface area contributed by atoms with Crippen LogP contribution in [0.2, 0.25) is 0 Å². The van der Waals surface area contributed by atoms with E-state index in [0.29, 0.717) is 5.89 Å². The number of aryl methyl sites for hydroxylation is 1. The van der Waals surface area contributed by atoms with Crippen LogP contribution in [0, 0.1) is 6.92 Å². The summed E-state index contributed by atoms with van der Waals surface area (Å²) in [5, 5.41) is 5.19. The van der Waals surface area contributed by atoms with E-state index in [1.165, 1.54) is 35.9 Å². The first-order chi connectivity index (χ1) is 11.8. The summed E-state index contributed by atoms with van der Waals surface area (Å²) in [4.78, 5) is 17.6. The lowest BCUT2D eigenvalue weighted by Crippen LogP contribution is -2.45. The van der Waals surface area contributed by atoms with E-state index < -0.39 is 0 Å². The topological polar surface area (TPSA) is 61.5 Å². The van der Waals surface area contributed by atoms with E-state index in [0.717, 1.165) is 45.1 Å². The molecule has 2 aromatic heterocycles. The van der Waals surface area contributed by atoms with Crippen molar-refractivity contribution in [3.63, 3.8) is 0 Å². The molecule has 24 heavy (non-hydrogen) atoms. The average molecular weight is 348 g/mol. The highest BCUT2D eigenvalue weighted by atomic mass is 32.1. The van der Waals surface area contributed by atoms with Crippen LogP contribution in [0.3, 0.4) is 0 Å². The van der Waals surface area contributed by atoms with Gasteiger partial charge in [-0.15, -0.1) is 11.3 Å². The van der Waals surface area contributed by atoms with Gasteiger partial charge in [0.25, 0.3) is 0 Å². The standard InChI is InChI=1S/C16H24N6OS/c1-13-18-15(19-23-13)12-21-8-6-20(7-9-21)11-14-10-17-16(24-14)22-4-2-3-5-22/h10H,2-9,11-12H2,1H3. The Labute approximate surface area is 146 Å². The van der Waals surface area contributed by atoms with Crippen LogP contribution in [0.1, 0.15) is 29.4 Å². The minimum atomic E-state index is 0.641. The molecule has 2 aliphatic rings. The predicted octanol–water partition coefficient (Wildman–Crippen LogP) is 1.75. The lowest BCUT2D eigenvalue weighted by atomic mass is 10.3. The Balaban J connectivity index is 1.25. The van der Waals surface area contributed by atoms with E-state index >= 15 is 0 Å². The molecule has 0 amide bonds. The molecule has 4 rings (SSSR count). The zero-order chi connectivity index (χ0) is 16.4. The van der Waals surface area contributed by atoms with Crippen molar-refractivity contribution in [2.75, 3.05) is 44.2 Å². The van der Waals surface area contributed by atoms with Gasteiger partial charge < -0.3 is 9.42 Å². The van der Waals surface area contributed by atoms with Crippen molar-refractivity contribution in [1.82, 2.24) is 24.9 Å². The van der Waals surface area contributed by atoms with Gasteiger partial charge in [0, 0.05) is 63.8 Å². The normalized spacial score (nSPS) is 20.1. The molecule has 4 heterocycles. The zero-order valence-corrected chi connectivity index (χ0v) is 15.0. The van der Waals surface area contributed by atoms with E-state index in [4.69, 9.17) is 4.52 Å². The van der Waals surface area contributed by atoms with Gasteiger partial charge >= 0.3 is 0 Å². The zero-order valence-electron chi connectivity index (χ0n) is 14.1. The molecular formula is C16H24N6OS. The van der Waals surface area contributed by atoms with Gasteiger partial charge in [-0.25, -0.2) is 4.98 Å². The van der Waals surface area contributed by atoms with Crippen molar-refractivity contribution in [2.45, 2.75) is 32.9 Å². The van der Waals surface area contributed by atoms with Crippen molar-refractivity contribution in [1.29, 1.82) is 0 Å². The molecule has 0 bridgehead atoms. The maximum absolute atomic E-state index is 5.04. The summed E-state index contributed by atoms with van der Waals surface area (Å²) in [5.74, 6) is 1.43. The summed E-state index contributed by atoms with van der Waals surface area (Å²) in [7, 11) is 0. The van der Waals surface area contributed by atoms with Gasteiger partial charge in [-0.05, 0) is 12.8 Å². The molecule has 2 saturated heterocycles. The van der Waals surface area contributed by atoms with E-state index in [1.54, 1.807) is 0 Å². The highest BCUT2D eigenvalue weighted by Gasteiger charge is 2.20. The average Bonchev–Trinajstić information content (AvgIpc) is 3.31. The number of hydrogen-bond acceptors (Lipinski definition) is 8. The lowest BCUT2D eigenvalue weighted by Gasteiger charge is -2.33. The predicted molar refractivity (Wildman–Crippen MR) is 93.2 cm³/mol. The number of hydrogen-bond donors (Lipinski definition) is 0. The number of rotatable bonds is 5. The molecule has 130 valence electrons. The summed E-state index contributed by atoms with van der Waals surface area (Å²) in [5.41, 5.74) is 0. The van der Waals surface area contributed by atoms with Crippen molar-refractivity contribution >= 4 is 16.5 Å². The van der Waals surface area contributed by atoms with Crippen LogP contribution in [0.5, 0.6) is 0 Å². The third-order valence-electron chi connectivity index (χ3n) is 4.70. The summed E-state index contributed by atoms with van der Waals surface area (Å²) >= 11 is 1.86. The Morgan fingerprint density at radius 3 is 2.42 bits per heavy atom. The summed E-state index contributed by atoms with van der Waals surface area (Å²) < 4.78 is 5.04. The van der Waals surface area contributed by atoms with Gasteiger partial charge in [-0.3, -0.25) is 9.80 Å². The third-order valence-corrected chi connectivity index (χ3v) is 5.74. The Hall–Kier alpha value is -1.51. The maximum atomic E-state index is 5.04. The third kappa shape index (κ3) is 3.76. The monoisotopic (exact) mass is 348 g/mol. The van der Waals surface area contributed by atoms with E-state index in [2.05, 4.69) is 36.0 Å². The molecule has 0 N–H and O–H groups in total. The number of nitrogens with zero attached hydrogens (tertiary/aromatic N) is 6. The lowest BCUT2D eigenvalue weighted by molar-refractivity contribution is 0.120. The second kappa shape index (κ2) is 7.16. The van der Waals surface area contributed by atoms with Gasteiger partial charge in [-0.1, -0.05) is 5.16 Å². The molecule has 0 saturated carbocycles. The van der Waals surface area contributed by atoms with Crippen LogP contribution in [-0.4, -0.2) is 64.2 Å². The van der Waals surface area contributed by atoms with Gasteiger partial charge in [0.2, 0.25) is 5.89 Å². The Morgan fingerprint density at radius 2 is 1.75 bits per heavy atom. The Bertz CT molecular complexity index is 657. The number of anilines is 1. The maximum Gasteiger partial charge on any atom is 0.223 e. The highest BCUT2D eigenvalue weighted by molar-refractivity contribution is 7.15. The second-order valence-electron chi connectivity index (χ2n) is 6.59. The fraction of sp³-hybridized carbons (Fsp3) is 0.688. The molecule has 2 aromatic rings. The summed E-state index contributed by atoms with van der Waals surface area (Å²) in [6.07, 6.45) is 4.67. The van der Waals surface area contributed by atoms with Crippen LogP contribution in [0.25, 0.3) is 0 Å². The molecule has 2 aliphatic heterocycles. The van der Waals surface area contributed by atoms with Gasteiger partial charge in [0.05, 0.1) is 6.54 Å². The summed E-state index contributed by atoms with van der Waals surface area (Å²) in [6.45, 7) is 10.2. The Kier molecular flexibility index (Phi) is 4.77. The molecule has 0 aliphatic carbocycles. The number of aromatic nitrogens is 3. The molecular weight excluding hydrogens is 324 g/mol. The number of piperazine rings is 1. The minimum Gasteiger partial charge on any atom is -0.348 e. The van der Waals surface area contributed by atoms with Gasteiger partial charge in [0.15, 0.2) is 11.0 Å². The second-order valence-corrected chi connectivity index (χ2v) is 7.68. The number of thiazole rings is 1. The molecule has 0 radical (unpaired) electrons. The van der Waals surface area contributed by atoms with Crippen molar-refractivity contribution in [2.24, 2.45) is 0 Å². The molecule has 2 fully saturated rings. The van der Waals surface area contributed by atoms with Crippen LogP contribution >= 0.6 is 11.3 Å². The molecule has 0 unspecified atom stereocenters. The van der Waals surface area contributed by atoms with Crippen molar-refractivity contribution in [3.05, 3.63) is 22.8 Å². The molecule has 8 heteroatoms. The molecule has 0 aromatic carbocycles. The van der Waals surface area contributed by atoms with Gasteiger partial charge in [0.1, 0.15) is 0 Å². The first kappa shape index (κ1) is 16.0. The molecule has 0 atom stereocenters. The van der Waals surface area contributed by atoms with Crippen LogP contribution in [0.4, 0.5) is 5.13 Å². The highest BCUT2D eigenvalue weighted by Crippen LogP contribution is 2.26. The van der Waals surface area contributed by atoms with E-state index in [-0.39, 0.29) is 0 Å². The largest absolute Gasteiger partial charge is 0.348 e. The molecule has 0 spiro atoms.